The Morgan fingerprint density at radius 3 is 2.42 bits per heavy atom. The lowest BCUT2D eigenvalue weighted by molar-refractivity contribution is -0.891. The molecule has 0 spiro atoms. The van der Waals surface area contributed by atoms with Gasteiger partial charge in [0.2, 0.25) is 0 Å². The summed E-state index contributed by atoms with van der Waals surface area (Å²) in [6.07, 6.45) is 4.80. The molecule has 1 rings (SSSR count). The van der Waals surface area contributed by atoms with Gasteiger partial charge in [0.1, 0.15) is 0 Å². The van der Waals surface area contributed by atoms with Gasteiger partial charge in [0.25, 0.3) is 0 Å². The van der Waals surface area contributed by atoms with E-state index in [1.807, 2.05) is 6.08 Å². The number of likely N-dealkylation sites (tertiary alicyclic amines) is 1. The fourth-order valence-corrected chi connectivity index (χ4v) is 1.99. The van der Waals surface area contributed by atoms with E-state index in [4.69, 9.17) is 4.74 Å². The molecule has 0 amide bonds. The number of hydrogen-bond donors (Lipinski definition) is 0. The number of aliphatic carboxylic acids is 1. The zero-order valence-electron chi connectivity index (χ0n) is 12.2. The summed E-state index contributed by atoms with van der Waals surface area (Å²) in [5, 5.41) is 9.81. The van der Waals surface area contributed by atoms with Gasteiger partial charge in [-0.3, -0.25) is 0 Å². The molecule has 19 heavy (non-hydrogen) atoms. The van der Waals surface area contributed by atoms with Gasteiger partial charge < -0.3 is 23.9 Å². The minimum absolute atomic E-state index is 0.0519. The summed E-state index contributed by atoms with van der Waals surface area (Å²) >= 11 is 0. The van der Waals surface area contributed by atoms with Crippen molar-refractivity contribution in [1.82, 2.24) is 0 Å². The van der Waals surface area contributed by atoms with Crippen LogP contribution < -0.4 is 5.11 Å². The largest absolute Gasteiger partial charge is 0.550 e. The fourth-order valence-electron chi connectivity index (χ4n) is 1.99. The topological polar surface area (TPSA) is 58.6 Å². The fraction of sp³-hybridized carbons (Fsp3) is 0.786. The number of quaternary nitrogens is 1. The zero-order valence-corrected chi connectivity index (χ0v) is 12.2. The Hall–Kier alpha value is -0.910. The van der Waals surface area contributed by atoms with E-state index in [9.17, 15) is 9.90 Å². The maximum atomic E-state index is 9.81. The first kappa shape index (κ1) is 18.1. The highest BCUT2D eigenvalue weighted by molar-refractivity contribution is 5.64. The highest BCUT2D eigenvalue weighted by Gasteiger charge is 2.24. The van der Waals surface area contributed by atoms with Crippen LogP contribution in [0.2, 0.25) is 0 Å². The SMILES string of the molecule is C=CC[N+]1(C)CCCC1.COCCOCCC(=O)[O-]. The summed E-state index contributed by atoms with van der Waals surface area (Å²) in [5.41, 5.74) is 0. The van der Waals surface area contributed by atoms with Crippen LogP contribution in [0.5, 0.6) is 0 Å². The van der Waals surface area contributed by atoms with Crippen LogP contribution in [0.4, 0.5) is 0 Å². The summed E-state index contributed by atoms with van der Waals surface area (Å²) in [5.74, 6) is -1.09. The summed E-state index contributed by atoms with van der Waals surface area (Å²) in [7, 11) is 3.87. The molecule has 0 radical (unpaired) electrons. The molecule has 5 nitrogen and oxygen atoms in total. The lowest BCUT2D eigenvalue weighted by atomic mass is 10.4. The smallest absolute Gasteiger partial charge is 0.0969 e. The highest BCUT2D eigenvalue weighted by Crippen LogP contribution is 2.15. The van der Waals surface area contributed by atoms with E-state index in [0.717, 1.165) is 6.54 Å². The van der Waals surface area contributed by atoms with Crippen LogP contribution in [-0.2, 0) is 14.3 Å². The normalized spacial score (nSPS) is 16.5. The van der Waals surface area contributed by atoms with E-state index in [1.54, 1.807) is 7.11 Å². The standard InChI is InChI=1S/C8H16N.C6H12O4/c1-3-6-9(2)7-4-5-8-9;1-9-4-5-10-3-2-6(7)8/h3H,1,4-8H2,2H3;2-5H2,1H3,(H,7,8)/q+1;/p-1. The van der Waals surface area contributed by atoms with Crippen molar-refractivity contribution in [2.45, 2.75) is 19.3 Å². The van der Waals surface area contributed by atoms with Crippen molar-refractivity contribution in [3.63, 3.8) is 0 Å². The minimum atomic E-state index is -1.09. The van der Waals surface area contributed by atoms with Crippen LogP contribution >= 0.6 is 0 Å². The lowest BCUT2D eigenvalue weighted by Gasteiger charge is -2.27. The van der Waals surface area contributed by atoms with E-state index in [-0.39, 0.29) is 13.0 Å². The Balaban J connectivity index is 0.000000342. The van der Waals surface area contributed by atoms with Crippen LogP contribution in [0.1, 0.15) is 19.3 Å². The van der Waals surface area contributed by atoms with E-state index in [0.29, 0.717) is 13.2 Å². The van der Waals surface area contributed by atoms with Crippen molar-refractivity contribution in [2.24, 2.45) is 0 Å². The molecule has 1 fully saturated rings. The number of carbonyl (C=O) groups is 1. The first-order chi connectivity index (χ1) is 9.04. The monoisotopic (exact) mass is 273 g/mol. The first-order valence-electron chi connectivity index (χ1n) is 6.75. The van der Waals surface area contributed by atoms with Crippen LogP contribution in [0.15, 0.2) is 12.7 Å². The Kier molecular flexibility index (Phi) is 10.4. The van der Waals surface area contributed by atoms with E-state index >= 15 is 0 Å². The molecule has 1 heterocycles. The highest BCUT2D eigenvalue weighted by atomic mass is 16.5. The molecule has 0 unspecified atom stereocenters. The van der Waals surface area contributed by atoms with E-state index in [1.165, 1.54) is 30.4 Å². The van der Waals surface area contributed by atoms with Crippen molar-refractivity contribution >= 4 is 5.97 Å². The number of carboxylic acid groups (broad SMARTS) is 1. The molecule has 0 saturated carbocycles. The van der Waals surface area contributed by atoms with Crippen molar-refractivity contribution in [3.05, 3.63) is 12.7 Å². The number of carboxylic acids is 1. The Morgan fingerprint density at radius 1 is 1.32 bits per heavy atom. The first-order valence-corrected chi connectivity index (χ1v) is 6.75. The van der Waals surface area contributed by atoms with Gasteiger partial charge in [-0.2, -0.15) is 0 Å². The lowest BCUT2D eigenvalue weighted by Crippen LogP contribution is -2.40. The molecule has 1 aliphatic rings. The van der Waals surface area contributed by atoms with Gasteiger partial charge in [0, 0.05) is 32.3 Å². The molecule has 1 aliphatic heterocycles. The molecule has 0 N–H and O–H groups in total. The summed E-state index contributed by atoms with van der Waals surface area (Å²) < 4.78 is 10.7. The maximum absolute atomic E-state index is 9.81. The predicted molar refractivity (Wildman–Crippen MR) is 72.5 cm³/mol. The summed E-state index contributed by atoms with van der Waals surface area (Å²) in [4.78, 5) is 9.81. The Labute approximate surface area is 116 Å². The van der Waals surface area contributed by atoms with Crippen LogP contribution in [0, 0.1) is 0 Å². The van der Waals surface area contributed by atoms with Gasteiger partial charge >= 0.3 is 0 Å². The van der Waals surface area contributed by atoms with Gasteiger partial charge in [-0.1, -0.05) is 6.58 Å². The number of nitrogens with zero attached hydrogens (tertiary/aromatic N) is 1. The number of rotatable bonds is 8. The Bertz CT molecular complexity index is 250. The predicted octanol–water partition coefficient (Wildman–Crippen LogP) is 0.202. The number of hydrogen-bond acceptors (Lipinski definition) is 4. The third-order valence-electron chi connectivity index (χ3n) is 3.10. The molecular formula is C14H27NO4. The average Bonchev–Trinajstić information content (AvgIpc) is 2.77. The molecule has 0 bridgehead atoms. The quantitative estimate of drug-likeness (QED) is 0.360. The molecule has 0 aromatic carbocycles. The second-order valence-electron chi connectivity index (χ2n) is 4.97. The molecular weight excluding hydrogens is 246 g/mol. The molecule has 0 aliphatic carbocycles. The van der Waals surface area contributed by atoms with Crippen LogP contribution in [-0.4, -0.2) is 64.1 Å². The average molecular weight is 273 g/mol. The Morgan fingerprint density at radius 2 is 1.95 bits per heavy atom. The number of likely N-dealkylation sites (N-methyl/N-ethyl adjacent to an activating group) is 1. The van der Waals surface area contributed by atoms with Crippen molar-refractivity contribution in [2.75, 3.05) is 53.6 Å². The molecule has 0 atom stereocenters. The van der Waals surface area contributed by atoms with Gasteiger partial charge in [-0.25, -0.2) is 0 Å². The molecule has 5 heteroatoms. The van der Waals surface area contributed by atoms with Crippen molar-refractivity contribution < 1.29 is 23.9 Å². The van der Waals surface area contributed by atoms with Crippen molar-refractivity contribution in [1.29, 1.82) is 0 Å². The van der Waals surface area contributed by atoms with Gasteiger partial charge in [-0.05, 0) is 6.08 Å². The third-order valence-corrected chi connectivity index (χ3v) is 3.10. The van der Waals surface area contributed by atoms with Gasteiger partial charge in [-0.15, -0.1) is 0 Å². The molecule has 0 aromatic heterocycles. The molecule has 112 valence electrons. The second-order valence-corrected chi connectivity index (χ2v) is 4.97. The summed E-state index contributed by atoms with van der Waals surface area (Å²) in [6, 6.07) is 0. The third kappa shape index (κ3) is 10.7. The van der Waals surface area contributed by atoms with Crippen molar-refractivity contribution in [3.8, 4) is 0 Å². The number of ether oxygens (including phenoxy) is 2. The van der Waals surface area contributed by atoms with Crippen LogP contribution in [0.3, 0.4) is 0 Å². The number of methoxy groups -OCH3 is 1. The minimum Gasteiger partial charge on any atom is -0.550 e. The van der Waals surface area contributed by atoms with Gasteiger partial charge in [0.05, 0.1) is 46.5 Å². The molecule has 0 aromatic rings. The van der Waals surface area contributed by atoms with Crippen LogP contribution in [0.25, 0.3) is 0 Å². The molecule has 1 saturated heterocycles. The number of carbonyl (C=O) groups excluding carboxylic acids is 1. The van der Waals surface area contributed by atoms with Gasteiger partial charge in [0.15, 0.2) is 0 Å². The van der Waals surface area contributed by atoms with E-state index in [2.05, 4.69) is 18.4 Å². The maximum Gasteiger partial charge on any atom is 0.0969 e. The second kappa shape index (κ2) is 11.0. The summed E-state index contributed by atoms with van der Waals surface area (Å²) in [6.45, 7) is 8.74. The van der Waals surface area contributed by atoms with E-state index < -0.39 is 5.97 Å². The zero-order chi connectivity index (χ0) is 14.6.